The molecule has 5 heteroatoms. The molecule has 0 spiro atoms. The van der Waals surface area contributed by atoms with Crippen LogP contribution in [0.1, 0.15) is 18.2 Å². The van der Waals surface area contributed by atoms with E-state index >= 15 is 0 Å². The number of amides is 1. The average molecular weight is 220 g/mol. The van der Waals surface area contributed by atoms with Crippen molar-refractivity contribution in [3.8, 4) is 0 Å². The van der Waals surface area contributed by atoms with Gasteiger partial charge in [-0.1, -0.05) is 6.07 Å². The van der Waals surface area contributed by atoms with Gasteiger partial charge in [-0.15, -0.1) is 0 Å². The maximum Gasteiger partial charge on any atom is 0.309 e. The van der Waals surface area contributed by atoms with Crippen LogP contribution in [0.15, 0.2) is 24.4 Å². The Labute approximate surface area is 92.7 Å². The summed E-state index contributed by atoms with van der Waals surface area (Å²) < 4.78 is 0. The Morgan fingerprint density at radius 2 is 2.31 bits per heavy atom. The molecule has 0 saturated carbocycles. The van der Waals surface area contributed by atoms with E-state index in [1.807, 2.05) is 0 Å². The zero-order chi connectivity index (χ0) is 11.7. The molecule has 1 N–H and O–H groups in total. The summed E-state index contributed by atoms with van der Waals surface area (Å²) >= 11 is 0. The van der Waals surface area contributed by atoms with Gasteiger partial charge in [0, 0.05) is 19.7 Å². The highest BCUT2D eigenvalue weighted by molar-refractivity contribution is 5.87. The molecule has 1 aromatic heterocycles. The summed E-state index contributed by atoms with van der Waals surface area (Å²) in [6, 6.07) is 4.84. The fourth-order valence-corrected chi connectivity index (χ4v) is 2.05. The SMILES string of the molecule is CN1C(=O)CC(C(=O)O)C1c1ccccn1. The Hall–Kier alpha value is -1.91. The molecule has 1 aliphatic heterocycles. The van der Waals surface area contributed by atoms with Crippen LogP contribution in [0.4, 0.5) is 0 Å². The standard InChI is InChI=1S/C11H12N2O3/c1-13-9(14)6-7(11(15)16)10(13)8-4-2-3-5-12-8/h2-5,7,10H,6H2,1H3,(H,15,16). The molecule has 1 aromatic rings. The number of aromatic nitrogens is 1. The Morgan fingerprint density at radius 3 is 2.88 bits per heavy atom. The molecule has 0 aliphatic carbocycles. The molecule has 5 nitrogen and oxygen atoms in total. The van der Waals surface area contributed by atoms with Gasteiger partial charge in [-0.3, -0.25) is 14.6 Å². The topological polar surface area (TPSA) is 70.5 Å². The molecule has 0 aromatic carbocycles. The van der Waals surface area contributed by atoms with Crippen molar-refractivity contribution in [1.82, 2.24) is 9.88 Å². The quantitative estimate of drug-likeness (QED) is 0.795. The van der Waals surface area contributed by atoms with E-state index in [9.17, 15) is 9.59 Å². The zero-order valence-electron chi connectivity index (χ0n) is 8.83. The third kappa shape index (κ3) is 1.64. The predicted molar refractivity (Wildman–Crippen MR) is 55.5 cm³/mol. The zero-order valence-corrected chi connectivity index (χ0v) is 8.83. The van der Waals surface area contributed by atoms with Gasteiger partial charge in [0.1, 0.15) is 0 Å². The summed E-state index contributed by atoms with van der Waals surface area (Å²) in [5.74, 6) is -1.80. The van der Waals surface area contributed by atoms with Crippen LogP contribution in [-0.4, -0.2) is 33.9 Å². The van der Waals surface area contributed by atoms with Crippen LogP contribution in [0.5, 0.6) is 0 Å². The lowest BCUT2D eigenvalue weighted by atomic mass is 9.97. The van der Waals surface area contributed by atoms with Crippen molar-refractivity contribution < 1.29 is 14.7 Å². The number of aliphatic carboxylic acids is 1. The van der Waals surface area contributed by atoms with E-state index in [0.29, 0.717) is 5.69 Å². The van der Waals surface area contributed by atoms with Crippen LogP contribution >= 0.6 is 0 Å². The highest BCUT2D eigenvalue weighted by atomic mass is 16.4. The Kier molecular flexibility index (Phi) is 2.60. The second-order valence-corrected chi connectivity index (χ2v) is 3.85. The second-order valence-electron chi connectivity index (χ2n) is 3.85. The van der Waals surface area contributed by atoms with Crippen molar-refractivity contribution in [3.05, 3.63) is 30.1 Å². The molecule has 2 unspecified atom stereocenters. The first-order chi connectivity index (χ1) is 7.61. The number of carboxylic acids is 1. The van der Waals surface area contributed by atoms with E-state index in [0.717, 1.165) is 0 Å². The number of nitrogens with zero attached hydrogens (tertiary/aromatic N) is 2. The molecule has 0 bridgehead atoms. The van der Waals surface area contributed by atoms with Gasteiger partial charge in [-0.05, 0) is 12.1 Å². The maximum atomic E-state index is 11.5. The van der Waals surface area contributed by atoms with Gasteiger partial charge < -0.3 is 10.0 Å². The van der Waals surface area contributed by atoms with E-state index < -0.39 is 17.9 Å². The lowest BCUT2D eigenvalue weighted by Gasteiger charge is -2.22. The first-order valence-electron chi connectivity index (χ1n) is 5.00. The van der Waals surface area contributed by atoms with Gasteiger partial charge in [0.25, 0.3) is 0 Å². The second kappa shape index (κ2) is 3.92. The summed E-state index contributed by atoms with van der Waals surface area (Å²) in [4.78, 5) is 28.2. The van der Waals surface area contributed by atoms with Crippen LogP contribution in [0.3, 0.4) is 0 Å². The van der Waals surface area contributed by atoms with Gasteiger partial charge in [-0.25, -0.2) is 0 Å². The molecule has 1 amide bonds. The van der Waals surface area contributed by atoms with E-state index in [-0.39, 0.29) is 12.3 Å². The molecular formula is C11H12N2O3. The van der Waals surface area contributed by atoms with Crippen molar-refractivity contribution >= 4 is 11.9 Å². The van der Waals surface area contributed by atoms with Crippen molar-refractivity contribution in [2.75, 3.05) is 7.05 Å². The molecule has 2 heterocycles. The van der Waals surface area contributed by atoms with Gasteiger partial charge in [0.15, 0.2) is 0 Å². The molecule has 1 aliphatic rings. The number of likely N-dealkylation sites (tertiary alicyclic amines) is 1. The molecule has 2 atom stereocenters. The highest BCUT2D eigenvalue weighted by Gasteiger charge is 2.43. The largest absolute Gasteiger partial charge is 0.481 e. The van der Waals surface area contributed by atoms with Gasteiger partial charge in [-0.2, -0.15) is 0 Å². The van der Waals surface area contributed by atoms with Gasteiger partial charge >= 0.3 is 5.97 Å². The highest BCUT2D eigenvalue weighted by Crippen LogP contribution is 2.35. The number of carbonyl (C=O) groups excluding carboxylic acids is 1. The number of hydrogen-bond acceptors (Lipinski definition) is 3. The minimum absolute atomic E-state index is 0.0487. The Morgan fingerprint density at radius 1 is 1.56 bits per heavy atom. The minimum atomic E-state index is -0.951. The van der Waals surface area contributed by atoms with Crippen LogP contribution in [0.2, 0.25) is 0 Å². The molecular weight excluding hydrogens is 208 g/mol. The number of rotatable bonds is 2. The molecule has 2 rings (SSSR count). The summed E-state index contributed by atoms with van der Waals surface area (Å²) in [5, 5.41) is 9.07. The summed E-state index contributed by atoms with van der Waals surface area (Å²) in [5.41, 5.74) is 0.628. The van der Waals surface area contributed by atoms with Crippen LogP contribution in [-0.2, 0) is 9.59 Å². The van der Waals surface area contributed by atoms with E-state index in [2.05, 4.69) is 4.98 Å². The fourth-order valence-electron chi connectivity index (χ4n) is 2.05. The summed E-state index contributed by atoms with van der Waals surface area (Å²) in [6.07, 6.45) is 1.65. The number of carboxylic acid groups (broad SMARTS) is 1. The molecule has 84 valence electrons. The Bertz CT molecular complexity index is 418. The van der Waals surface area contributed by atoms with Crippen molar-refractivity contribution in [2.24, 2.45) is 5.92 Å². The molecule has 1 fully saturated rings. The molecule has 0 radical (unpaired) electrons. The van der Waals surface area contributed by atoms with Gasteiger partial charge in [0.2, 0.25) is 5.91 Å². The maximum absolute atomic E-state index is 11.5. The van der Waals surface area contributed by atoms with Crippen molar-refractivity contribution in [2.45, 2.75) is 12.5 Å². The van der Waals surface area contributed by atoms with Gasteiger partial charge in [0.05, 0.1) is 17.7 Å². The summed E-state index contributed by atoms with van der Waals surface area (Å²) in [6.45, 7) is 0. The predicted octanol–water partition coefficient (Wildman–Crippen LogP) is 0.686. The minimum Gasteiger partial charge on any atom is -0.481 e. The van der Waals surface area contributed by atoms with E-state index in [1.165, 1.54) is 4.90 Å². The first-order valence-corrected chi connectivity index (χ1v) is 5.00. The fraction of sp³-hybridized carbons (Fsp3) is 0.364. The van der Waals surface area contributed by atoms with E-state index in [4.69, 9.17) is 5.11 Å². The van der Waals surface area contributed by atoms with Crippen molar-refractivity contribution in [3.63, 3.8) is 0 Å². The average Bonchev–Trinajstić information content (AvgIpc) is 2.57. The summed E-state index contributed by atoms with van der Waals surface area (Å²) in [7, 11) is 1.62. The monoisotopic (exact) mass is 220 g/mol. The smallest absolute Gasteiger partial charge is 0.309 e. The molecule has 1 saturated heterocycles. The molecule has 16 heavy (non-hydrogen) atoms. The van der Waals surface area contributed by atoms with Crippen LogP contribution in [0, 0.1) is 5.92 Å². The normalized spacial score (nSPS) is 24.8. The van der Waals surface area contributed by atoms with Crippen LogP contribution < -0.4 is 0 Å². The van der Waals surface area contributed by atoms with Crippen molar-refractivity contribution in [1.29, 1.82) is 0 Å². The third-order valence-corrected chi connectivity index (χ3v) is 2.89. The van der Waals surface area contributed by atoms with E-state index in [1.54, 1.807) is 31.4 Å². The lowest BCUT2D eigenvalue weighted by molar-refractivity contribution is -0.142. The Balaban J connectivity index is 2.37. The number of pyridine rings is 1. The number of carbonyl (C=O) groups is 2. The third-order valence-electron chi connectivity index (χ3n) is 2.89. The lowest BCUT2D eigenvalue weighted by Crippen LogP contribution is -2.27. The number of hydrogen-bond donors (Lipinski definition) is 1. The first kappa shape index (κ1) is 10.6. The van der Waals surface area contributed by atoms with Crippen LogP contribution in [0.25, 0.3) is 0 Å².